The molecule has 0 saturated heterocycles. The zero-order valence-corrected chi connectivity index (χ0v) is 15.7. The van der Waals surface area contributed by atoms with E-state index in [1.165, 1.54) is 4.57 Å². The quantitative estimate of drug-likeness (QED) is 0.612. The number of nitrogens with zero attached hydrogens (tertiary/aromatic N) is 4. The van der Waals surface area contributed by atoms with E-state index in [4.69, 9.17) is 5.73 Å². The number of carbonyl (C=O) groups is 1. The summed E-state index contributed by atoms with van der Waals surface area (Å²) >= 11 is 0. The minimum Gasteiger partial charge on any atom is -0.494 e. The Morgan fingerprint density at radius 3 is 2.82 bits per heavy atom. The molecular formula is C19H22N6O3. The summed E-state index contributed by atoms with van der Waals surface area (Å²) in [4.78, 5) is 29.6. The Hall–Kier alpha value is -3.36. The SMILES string of the molecule is CC(C)Cn1c(O)c(C(=O)NC2CC2)c(=O)n2nc(-c3cccnc3N)cc12. The van der Waals surface area contributed by atoms with Gasteiger partial charge in [-0.1, -0.05) is 13.8 Å². The van der Waals surface area contributed by atoms with Gasteiger partial charge in [0.05, 0.1) is 5.69 Å². The highest BCUT2D eigenvalue weighted by molar-refractivity contribution is 5.96. The van der Waals surface area contributed by atoms with Crippen molar-refractivity contribution in [2.75, 3.05) is 5.73 Å². The van der Waals surface area contributed by atoms with Crippen LogP contribution in [0.15, 0.2) is 29.2 Å². The molecule has 28 heavy (non-hydrogen) atoms. The molecule has 0 spiro atoms. The maximum Gasteiger partial charge on any atom is 0.291 e. The van der Waals surface area contributed by atoms with Gasteiger partial charge in [-0.2, -0.15) is 9.61 Å². The summed E-state index contributed by atoms with van der Waals surface area (Å²) in [7, 11) is 0. The first-order valence-corrected chi connectivity index (χ1v) is 9.24. The van der Waals surface area contributed by atoms with Crippen molar-refractivity contribution in [2.45, 2.75) is 39.3 Å². The van der Waals surface area contributed by atoms with Gasteiger partial charge >= 0.3 is 0 Å². The Kier molecular flexibility index (Phi) is 4.29. The minimum atomic E-state index is -0.667. The van der Waals surface area contributed by atoms with Crippen LogP contribution in [0.25, 0.3) is 16.9 Å². The van der Waals surface area contributed by atoms with Crippen molar-refractivity contribution in [1.29, 1.82) is 0 Å². The number of fused-ring (bicyclic) bond motifs is 1. The normalized spacial score (nSPS) is 14.0. The fraction of sp³-hybridized carbons (Fsp3) is 0.368. The molecule has 1 fully saturated rings. The number of amides is 1. The lowest BCUT2D eigenvalue weighted by Crippen LogP contribution is -2.34. The van der Waals surface area contributed by atoms with Crippen molar-refractivity contribution in [1.82, 2.24) is 24.5 Å². The summed E-state index contributed by atoms with van der Waals surface area (Å²) < 4.78 is 2.68. The molecule has 4 N–H and O–H groups in total. The summed E-state index contributed by atoms with van der Waals surface area (Å²) in [6.07, 6.45) is 3.32. The van der Waals surface area contributed by atoms with Crippen LogP contribution in [0.4, 0.5) is 5.82 Å². The summed E-state index contributed by atoms with van der Waals surface area (Å²) in [6.45, 7) is 4.37. The van der Waals surface area contributed by atoms with E-state index >= 15 is 0 Å². The number of aromatic nitrogens is 4. The van der Waals surface area contributed by atoms with Crippen LogP contribution in [0.5, 0.6) is 5.88 Å². The van der Waals surface area contributed by atoms with Gasteiger partial charge in [-0.25, -0.2) is 4.98 Å². The Balaban J connectivity index is 1.95. The highest BCUT2D eigenvalue weighted by atomic mass is 16.3. The summed E-state index contributed by atoms with van der Waals surface area (Å²) in [6, 6.07) is 5.20. The second-order valence-corrected chi connectivity index (χ2v) is 7.49. The van der Waals surface area contributed by atoms with Gasteiger partial charge in [0.25, 0.3) is 11.5 Å². The van der Waals surface area contributed by atoms with E-state index in [2.05, 4.69) is 15.4 Å². The number of nitrogen functional groups attached to an aromatic ring is 1. The predicted molar refractivity (Wildman–Crippen MR) is 104 cm³/mol. The summed E-state index contributed by atoms with van der Waals surface area (Å²) in [5.74, 6) is -0.486. The van der Waals surface area contributed by atoms with Crippen molar-refractivity contribution in [3.8, 4) is 17.1 Å². The van der Waals surface area contributed by atoms with E-state index < -0.39 is 11.5 Å². The van der Waals surface area contributed by atoms with Gasteiger partial charge in [-0.05, 0) is 30.9 Å². The first kappa shape index (κ1) is 18.0. The highest BCUT2D eigenvalue weighted by Crippen LogP contribution is 2.27. The molecule has 9 nitrogen and oxygen atoms in total. The minimum absolute atomic E-state index is 0.0592. The fourth-order valence-corrected chi connectivity index (χ4v) is 3.15. The van der Waals surface area contributed by atoms with Crippen molar-refractivity contribution in [2.24, 2.45) is 5.92 Å². The Labute approximate surface area is 160 Å². The van der Waals surface area contributed by atoms with Gasteiger partial charge in [0.15, 0.2) is 5.56 Å². The number of aromatic hydroxyl groups is 1. The Bertz CT molecular complexity index is 1130. The molecule has 0 aliphatic heterocycles. The summed E-state index contributed by atoms with van der Waals surface area (Å²) in [5, 5.41) is 17.9. The monoisotopic (exact) mass is 382 g/mol. The maximum atomic E-state index is 13.0. The lowest BCUT2D eigenvalue weighted by atomic mass is 10.2. The van der Waals surface area contributed by atoms with Gasteiger partial charge < -0.3 is 16.2 Å². The maximum absolute atomic E-state index is 13.0. The summed E-state index contributed by atoms with van der Waals surface area (Å²) in [5.41, 5.74) is 6.38. The van der Waals surface area contributed by atoms with Gasteiger partial charge in [0.1, 0.15) is 11.5 Å². The number of hydrogen-bond donors (Lipinski definition) is 3. The Morgan fingerprint density at radius 1 is 1.43 bits per heavy atom. The van der Waals surface area contributed by atoms with Gasteiger partial charge in [0, 0.05) is 30.4 Å². The molecular weight excluding hydrogens is 360 g/mol. The van der Waals surface area contributed by atoms with Crippen molar-refractivity contribution in [3.05, 3.63) is 40.3 Å². The zero-order chi connectivity index (χ0) is 20.0. The molecule has 3 heterocycles. The standard InChI is InChI=1S/C19H22N6O3/c1-10(2)9-24-14-8-13(12-4-3-7-21-16(12)20)23-25(14)19(28)15(18(24)27)17(26)22-11-5-6-11/h3-4,7-8,10-11,27H,5-6,9H2,1-2H3,(H2,20,21)(H,22,26). The molecule has 9 heteroatoms. The van der Waals surface area contributed by atoms with Gasteiger partial charge in [-0.3, -0.25) is 14.2 Å². The van der Waals surface area contributed by atoms with Crippen molar-refractivity contribution in [3.63, 3.8) is 0 Å². The average molecular weight is 382 g/mol. The molecule has 1 aliphatic rings. The van der Waals surface area contributed by atoms with Crippen LogP contribution in [0.1, 0.15) is 37.0 Å². The van der Waals surface area contributed by atoms with Gasteiger partial charge in [-0.15, -0.1) is 0 Å². The van der Waals surface area contributed by atoms with E-state index in [1.54, 1.807) is 24.4 Å². The van der Waals surface area contributed by atoms with E-state index in [1.807, 2.05) is 13.8 Å². The second kappa shape index (κ2) is 6.66. The molecule has 1 saturated carbocycles. The van der Waals surface area contributed by atoms with Crippen LogP contribution < -0.4 is 16.6 Å². The number of pyridine rings is 1. The number of hydrogen-bond acceptors (Lipinski definition) is 6. The third-order valence-corrected chi connectivity index (χ3v) is 4.65. The van der Waals surface area contributed by atoms with Crippen LogP contribution in [-0.4, -0.2) is 36.2 Å². The second-order valence-electron chi connectivity index (χ2n) is 7.49. The van der Waals surface area contributed by atoms with Crippen LogP contribution in [0.3, 0.4) is 0 Å². The number of nitrogens with one attached hydrogen (secondary N) is 1. The van der Waals surface area contributed by atoms with Crippen LogP contribution in [0, 0.1) is 5.92 Å². The molecule has 0 atom stereocenters. The van der Waals surface area contributed by atoms with E-state index in [-0.39, 0.29) is 29.2 Å². The first-order valence-electron chi connectivity index (χ1n) is 9.24. The first-order chi connectivity index (χ1) is 13.4. The fourth-order valence-electron chi connectivity index (χ4n) is 3.15. The lowest BCUT2D eigenvalue weighted by molar-refractivity contribution is 0.0944. The van der Waals surface area contributed by atoms with Crippen LogP contribution in [0.2, 0.25) is 0 Å². The van der Waals surface area contributed by atoms with E-state index in [9.17, 15) is 14.7 Å². The molecule has 1 aliphatic carbocycles. The number of anilines is 1. The number of nitrogens with two attached hydrogens (primary N) is 1. The van der Waals surface area contributed by atoms with Gasteiger partial charge in [0.2, 0.25) is 5.88 Å². The molecule has 0 aromatic carbocycles. The third kappa shape index (κ3) is 3.08. The van der Waals surface area contributed by atoms with Crippen molar-refractivity contribution < 1.29 is 9.90 Å². The van der Waals surface area contributed by atoms with Crippen LogP contribution in [-0.2, 0) is 6.54 Å². The molecule has 0 radical (unpaired) electrons. The molecule has 146 valence electrons. The molecule has 0 bridgehead atoms. The predicted octanol–water partition coefficient (Wildman–Crippen LogP) is 1.39. The highest BCUT2D eigenvalue weighted by Gasteiger charge is 2.29. The molecule has 1 amide bonds. The smallest absolute Gasteiger partial charge is 0.291 e. The van der Waals surface area contributed by atoms with Crippen LogP contribution >= 0.6 is 0 Å². The Morgan fingerprint density at radius 2 is 2.18 bits per heavy atom. The lowest BCUT2D eigenvalue weighted by Gasteiger charge is -2.16. The number of rotatable bonds is 5. The van der Waals surface area contributed by atoms with Crippen molar-refractivity contribution >= 4 is 17.4 Å². The van der Waals surface area contributed by atoms with E-state index in [0.29, 0.717) is 23.4 Å². The zero-order valence-electron chi connectivity index (χ0n) is 15.7. The average Bonchev–Trinajstić information content (AvgIpc) is 3.33. The molecule has 3 aromatic rings. The third-order valence-electron chi connectivity index (χ3n) is 4.65. The molecule has 0 unspecified atom stereocenters. The topological polar surface area (TPSA) is 128 Å². The van der Waals surface area contributed by atoms with E-state index in [0.717, 1.165) is 17.4 Å². The number of carbonyl (C=O) groups excluding carboxylic acids is 1. The largest absolute Gasteiger partial charge is 0.494 e. The molecule has 4 rings (SSSR count). The molecule has 3 aromatic heterocycles.